The lowest BCUT2D eigenvalue weighted by Crippen LogP contribution is -2.40. The highest BCUT2D eigenvalue weighted by Crippen LogP contribution is 2.15. The molecule has 6 nitrogen and oxygen atoms in total. The van der Waals surface area contributed by atoms with Gasteiger partial charge in [0.05, 0.1) is 19.6 Å². The second-order valence-corrected chi connectivity index (χ2v) is 5.19. The van der Waals surface area contributed by atoms with E-state index in [1.165, 1.54) is 12.0 Å². The van der Waals surface area contributed by atoms with E-state index in [1.807, 2.05) is 0 Å². The van der Waals surface area contributed by atoms with Gasteiger partial charge >= 0.3 is 5.97 Å². The van der Waals surface area contributed by atoms with Gasteiger partial charge in [-0.2, -0.15) is 0 Å². The molecule has 1 aromatic carbocycles. The number of carbonyl (C=O) groups excluding carboxylic acids is 2. The predicted molar refractivity (Wildman–Crippen MR) is 81.8 cm³/mol. The number of amides is 1. The minimum Gasteiger partial charge on any atom is -0.484 e. The highest BCUT2D eigenvalue weighted by atomic mass is 35.5. The van der Waals surface area contributed by atoms with Gasteiger partial charge in [-0.3, -0.25) is 9.59 Å². The van der Waals surface area contributed by atoms with Gasteiger partial charge in [0.15, 0.2) is 6.61 Å². The van der Waals surface area contributed by atoms with Crippen LogP contribution in [0, 0.1) is 0 Å². The molecule has 1 rings (SSSR count). The lowest BCUT2D eigenvalue weighted by Gasteiger charge is -2.23. The second-order valence-electron chi connectivity index (χ2n) is 4.76. The highest BCUT2D eigenvalue weighted by Gasteiger charge is 2.17. The summed E-state index contributed by atoms with van der Waals surface area (Å²) < 4.78 is 9.91. The Kier molecular flexibility index (Phi) is 7.70. The molecule has 0 aliphatic heterocycles. The van der Waals surface area contributed by atoms with Gasteiger partial charge in [0.2, 0.25) is 0 Å². The Morgan fingerprint density at radius 2 is 1.95 bits per heavy atom. The van der Waals surface area contributed by atoms with Gasteiger partial charge in [-0.15, -0.1) is 0 Å². The zero-order chi connectivity index (χ0) is 16.5. The Hall–Kier alpha value is -1.79. The van der Waals surface area contributed by atoms with Gasteiger partial charge in [0.25, 0.3) is 5.91 Å². The maximum atomic E-state index is 12.1. The van der Waals surface area contributed by atoms with Crippen LogP contribution >= 0.6 is 11.6 Å². The number of methoxy groups -OCH3 is 1. The Labute approximate surface area is 134 Å². The first-order chi connectivity index (χ1) is 10.4. The Bertz CT molecular complexity index is 489. The van der Waals surface area contributed by atoms with Crippen LogP contribution in [0.4, 0.5) is 0 Å². The highest BCUT2D eigenvalue weighted by molar-refractivity contribution is 6.30. The minimum atomic E-state index is -0.697. The van der Waals surface area contributed by atoms with Crippen molar-refractivity contribution in [3.63, 3.8) is 0 Å². The summed E-state index contributed by atoms with van der Waals surface area (Å²) in [4.78, 5) is 24.7. The molecule has 1 amide bonds. The fraction of sp³-hybridized carbons (Fsp3) is 0.467. The standard InChI is InChI=1S/C15H20ClNO5/c1-11(18)9-17(8-7-15(20)21-2)14(19)10-22-13-5-3-12(16)4-6-13/h3-6,11,18H,7-10H2,1-2H3. The summed E-state index contributed by atoms with van der Waals surface area (Å²) in [5, 5.41) is 10.0. The average Bonchev–Trinajstić information content (AvgIpc) is 2.49. The Morgan fingerprint density at radius 1 is 1.32 bits per heavy atom. The maximum absolute atomic E-state index is 12.1. The molecule has 7 heteroatoms. The molecule has 1 atom stereocenters. The molecule has 22 heavy (non-hydrogen) atoms. The summed E-state index contributed by atoms with van der Waals surface area (Å²) >= 11 is 5.76. The van der Waals surface area contributed by atoms with E-state index in [0.29, 0.717) is 10.8 Å². The third-order valence-electron chi connectivity index (χ3n) is 2.83. The van der Waals surface area contributed by atoms with Gasteiger partial charge in [0, 0.05) is 18.1 Å². The summed E-state index contributed by atoms with van der Waals surface area (Å²) in [6.07, 6.45) is -0.632. The molecule has 0 spiro atoms. The molecule has 0 fully saturated rings. The van der Waals surface area contributed by atoms with Crippen LogP contribution in [0.5, 0.6) is 5.75 Å². The van der Waals surface area contributed by atoms with E-state index in [1.54, 1.807) is 31.2 Å². The molecule has 0 aliphatic carbocycles. The minimum absolute atomic E-state index is 0.0654. The van der Waals surface area contributed by atoms with E-state index in [2.05, 4.69) is 4.74 Å². The van der Waals surface area contributed by atoms with Crippen molar-refractivity contribution in [2.45, 2.75) is 19.4 Å². The maximum Gasteiger partial charge on any atom is 0.307 e. The van der Waals surface area contributed by atoms with Gasteiger partial charge in [-0.25, -0.2) is 0 Å². The molecule has 0 aromatic heterocycles. The van der Waals surface area contributed by atoms with Crippen LogP contribution in [0.2, 0.25) is 5.02 Å². The van der Waals surface area contributed by atoms with Crippen molar-refractivity contribution in [3.05, 3.63) is 29.3 Å². The number of hydrogen-bond donors (Lipinski definition) is 1. The summed E-state index contributed by atoms with van der Waals surface area (Å²) in [5.74, 6) is -0.218. The third-order valence-corrected chi connectivity index (χ3v) is 3.08. The predicted octanol–water partition coefficient (Wildman–Crippen LogP) is 1.49. The topological polar surface area (TPSA) is 76.1 Å². The number of esters is 1. The van der Waals surface area contributed by atoms with E-state index < -0.39 is 12.1 Å². The monoisotopic (exact) mass is 329 g/mol. The van der Waals surface area contributed by atoms with E-state index in [0.717, 1.165) is 0 Å². The molecular weight excluding hydrogens is 310 g/mol. The van der Waals surface area contributed by atoms with Gasteiger partial charge in [-0.1, -0.05) is 11.6 Å². The first-order valence-electron chi connectivity index (χ1n) is 6.83. The van der Waals surface area contributed by atoms with Crippen LogP contribution in [-0.2, 0) is 14.3 Å². The number of aliphatic hydroxyl groups excluding tert-OH is 1. The molecule has 1 unspecified atom stereocenters. The van der Waals surface area contributed by atoms with Crippen molar-refractivity contribution in [1.82, 2.24) is 4.90 Å². The van der Waals surface area contributed by atoms with Crippen molar-refractivity contribution < 1.29 is 24.2 Å². The molecule has 1 aromatic rings. The van der Waals surface area contributed by atoms with Crippen molar-refractivity contribution in [3.8, 4) is 5.75 Å². The molecule has 1 N–H and O–H groups in total. The van der Waals surface area contributed by atoms with Gasteiger partial charge < -0.3 is 19.5 Å². The van der Waals surface area contributed by atoms with Crippen LogP contribution in [0.3, 0.4) is 0 Å². The number of benzene rings is 1. The summed E-state index contributed by atoms with van der Waals surface area (Å²) in [6, 6.07) is 6.63. The number of aliphatic hydroxyl groups is 1. The van der Waals surface area contributed by atoms with E-state index in [-0.39, 0.29) is 32.0 Å². The van der Waals surface area contributed by atoms with Crippen LogP contribution in [0.15, 0.2) is 24.3 Å². The number of halogens is 1. The van der Waals surface area contributed by atoms with Crippen LogP contribution in [0.1, 0.15) is 13.3 Å². The summed E-state index contributed by atoms with van der Waals surface area (Å²) in [6.45, 7) is 1.67. The van der Waals surface area contributed by atoms with Crippen LogP contribution in [0.25, 0.3) is 0 Å². The number of carbonyl (C=O) groups is 2. The zero-order valence-corrected chi connectivity index (χ0v) is 13.4. The van der Waals surface area contributed by atoms with E-state index >= 15 is 0 Å². The van der Waals surface area contributed by atoms with Gasteiger partial charge in [-0.05, 0) is 31.2 Å². The molecule has 0 bridgehead atoms. The quantitative estimate of drug-likeness (QED) is 0.731. The molecule has 0 saturated heterocycles. The van der Waals surface area contributed by atoms with Crippen molar-refractivity contribution in [1.29, 1.82) is 0 Å². The number of nitrogens with zero attached hydrogens (tertiary/aromatic N) is 1. The molecule has 0 aliphatic rings. The fourth-order valence-electron chi connectivity index (χ4n) is 1.73. The first-order valence-corrected chi connectivity index (χ1v) is 7.21. The SMILES string of the molecule is COC(=O)CCN(CC(C)O)C(=O)COc1ccc(Cl)cc1. The lowest BCUT2D eigenvalue weighted by molar-refractivity contribution is -0.142. The Morgan fingerprint density at radius 3 is 2.50 bits per heavy atom. The molecule has 122 valence electrons. The molecule has 0 radical (unpaired) electrons. The summed E-state index contributed by atoms with van der Waals surface area (Å²) in [5.41, 5.74) is 0. The molecule has 0 saturated carbocycles. The van der Waals surface area contributed by atoms with Gasteiger partial charge in [0.1, 0.15) is 5.75 Å². The smallest absolute Gasteiger partial charge is 0.307 e. The number of ether oxygens (including phenoxy) is 2. The first kappa shape index (κ1) is 18.3. The molecule has 0 heterocycles. The number of rotatable bonds is 8. The van der Waals surface area contributed by atoms with E-state index in [9.17, 15) is 14.7 Å². The van der Waals surface area contributed by atoms with E-state index in [4.69, 9.17) is 16.3 Å². The fourth-order valence-corrected chi connectivity index (χ4v) is 1.86. The lowest BCUT2D eigenvalue weighted by atomic mass is 10.3. The second kappa shape index (κ2) is 9.27. The third kappa shape index (κ3) is 6.78. The van der Waals surface area contributed by atoms with Crippen molar-refractivity contribution >= 4 is 23.5 Å². The number of hydrogen-bond acceptors (Lipinski definition) is 5. The van der Waals surface area contributed by atoms with Crippen molar-refractivity contribution in [2.75, 3.05) is 26.8 Å². The summed E-state index contributed by atoms with van der Waals surface area (Å²) in [7, 11) is 1.28. The zero-order valence-electron chi connectivity index (χ0n) is 12.6. The van der Waals surface area contributed by atoms with Crippen LogP contribution in [-0.4, -0.2) is 54.8 Å². The van der Waals surface area contributed by atoms with Crippen molar-refractivity contribution in [2.24, 2.45) is 0 Å². The Balaban J connectivity index is 2.54. The normalized spacial score (nSPS) is 11.6. The average molecular weight is 330 g/mol. The van der Waals surface area contributed by atoms with Crippen LogP contribution < -0.4 is 4.74 Å². The largest absolute Gasteiger partial charge is 0.484 e. The molecular formula is C15H20ClNO5.